The number of Topliss-reactive ketones (excluding diaryl/α,β-unsaturated/α-hetero) is 1. The van der Waals surface area contributed by atoms with E-state index in [0.717, 1.165) is 16.6 Å². The van der Waals surface area contributed by atoms with Crippen molar-refractivity contribution in [2.75, 3.05) is 12.4 Å². The third kappa shape index (κ3) is 3.83. The second-order valence-corrected chi connectivity index (χ2v) is 6.46. The zero-order chi connectivity index (χ0) is 19.6. The Bertz CT molecular complexity index is 1120. The summed E-state index contributed by atoms with van der Waals surface area (Å²) >= 11 is 5.36. The Morgan fingerprint density at radius 3 is 2.67 bits per heavy atom. The molecule has 2 aromatic carbocycles. The maximum atomic E-state index is 12.7. The fourth-order valence-electron chi connectivity index (χ4n) is 2.75. The third-order valence-corrected chi connectivity index (χ3v) is 4.41. The first-order valence-electron chi connectivity index (χ1n) is 8.28. The van der Waals surface area contributed by atoms with Gasteiger partial charge in [-0.05, 0) is 55.9 Å². The number of hydrogen-bond donors (Lipinski definition) is 2. The number of H-pyrrole nitrogens is 1. The minimum absolute atomic E-state index is 0.0153. The summed E-state index contributed by atoms with van der Waals surface area (Å²) in [5, 5.41) is 2.72. The summed E-state index contributed by atoms with van der Waals surface area (Å²) in [5.41, 5.74) is 3.17. The molecule has 0 saturated heterocycles. The molecule has 3 aromatic rings. The monoisotopic (exact) mass is 381 g/mol. The number of carbonyl (C=O) groups is 2. The normalized spacial score (nSPS) is 11.4. The Morgan fingerprint density at radius 1 is 1.22 bits per heavy atom. The lowest BCUT2D eigenvalue weighted by Gasteiger charge is -2.11. The SMILES string of the molecule is COc1ccccc1NC(=O)/C(=C/n1c(=S)[nH]c2cc(C)ccc21)C(C)=O. The van der Waals surface area contributed by atoms with Gasteiger partial charge in [0.2, 0.25) is 0 Å². The number of methoxy groups -OCH3 is 1. The molecule has 0 aliphatic rings. The van der Waals surface area contributed by atoms with Crippen molar-refractivity contribution in [3.05, 3.63) is 58.4 Å². The highest BCUT2D eigenvalue weighted by Gasteiger charge is 2.17. The molecule has 0 radical (unpaired) electrons. The number of hydrogen-bond acceptors (Lipinski definition) is 4. The molecule has 138 valence electrons. The van der Waals surface area contributed by atoms with Crippen molar-refractivity contribution in [1.29, 1.82) is 0 Å². The number of aromatic amines is 1. The van der Waals surface area contributed by atoms with Crippen molar-refractivity contribution in [3.8, 4) is 5.75 Å². The van der Waals surface area contributed by atoms with Gasteiger partial charge in [0, 0.05) is 6.20 Å². The average Bonchev–Trinajstić information content (AvgIpc) is 2.93. The van der Waals surface area contributed by atoms with Crippen LogP contribution in [-0.2, 0) is 9.59 Å². The first-order chi connectivity index (χ1) is 12.9. The zero-order valence-corrected chi connectivity index (χ0v) is 16.0. The van der Waals surface area contributed by atoms with Crippen LogP contribution in [0.5, 0.6) is 5.75 Å². The topological polar surface area (TPSA) is 76.1 Å². The van der Waals surface area contributed by atoms with Gasteiger partial charge in [-0.3, -0.25) is 14.2 Å². The number of nitrogens with one attached hydrogen (secondary N) is 2. The molecule has 27 heavy (non-hydrogen) atoms. The predicted molar refractivity (Wildman–Crippen MR) is 108 cm³/mol. The van der Waals surface area contributed by atoms with E-state index in [1.807, 2.05) is 25.1 Å². The molecule has 0 fully saturated rings. The summed E-state index contributed by atoms with van der Waals surface area (Å²) in [5.74, 6) is -0.394. The highest BCUT2D eigenvalue weighted by molar-refractivity contribution is 7.71. The Morgan fingerprint density at radius 2 is 1.96 bits per heavy atom. The van der Waals surface area contributed by atoms with Crippen LogP contribution in [0, 0.1) is 11.7 Å². The van der Waals surface area contributed by atoms with Crippen molar-refractivity contribution >= 4 is 46.8 Å². The van der Waals surface area contributed by atoms with E-state index in [0.29, 0.717) is 16.2 Å². The summed E-state index contributed by atoms with van der Waals surface area (Å²) in [6.07, 6.45) is 1.46. The summed E-state index contributed by atoms with van der Waals surface area (Å²) in [4.78, 5) is 28.0. The number of para-hydroxylation sites is 2. The van der Waals surface area contributed by atoms with Gasteiger partial charge in [0.1, 0.15) is 5.75 Å². The molecule has 0 unspecified atom stereocenters. The number of nitrogens with zero attached hydrogens (tertiary/aromatic N) is 1. The van der Waals surface area contributed by atoms with E-state index >= 15 is 0 Å². The number of imidazole rings is 1. The van der Waals surface area contributed by atoms with E-state index < -0.39 is 5.91 Å². The van der Waals surface area contributed by atoms with E-state index in [1.165, 1.54) is 20.2 Å². The molecule has 1 heterocycles. The molecule has 0 spiro atoms. The fraction of sp³-hybridized carbons (Fsp3) is 0.150. The molecular formula is C20H19N3O3S. The number of benzene rings is 2. The maximum Gasteiger partial charge on any atom is 0.260 e. The fourth-order valence-corrected chi connectivity index (χ4v) is 3.01. The molecule has 6 nitrogen and oxygen atoms in total. The van der Waals surface area contributed by atoms with E-state index in [2.05, 4.69) is 10.3 Å². The average molecular weight is 381 g/mol. The van der Waals surface area contributed by atoms with E-state index in [-0.39, 0.29) is 11.4 Å². The first-order valence-corrected chi connectivity index (χ1v) is 8.69. The third-order valence-electron chi connectivity index (χ3n) is 4.11. The highest BCUT2D eigenvalue weighted by Crippen LogP contribution is 2.24. The number of aryl methyl sites for hydroxylation is 1. The van der Waals surface area contributed by atoms with Crippen LogP contribution < -0.4 is 10.1 Å². The summed E-state index contributed by atoms with van der Waals surface area (Å²) in [6.45, 7) is 3.32. The van der Waals surface area contributed by atoms with Crippen LogP contribution in [0.4, 0.5) is 5.69 Å². The second kappa shape index (κ2) is 7.59. The highest BCUT2D eigenvalue weighted by atomic mass is 32.1. The molecule has 0 aliphatic carbocycles. The second-order valence-electron chi connectivity index (χ2n) is 6.07. The minimum atomic E-state index is -0.532. The quantitative estimate of drug-likeness (QED) is 0.302. The molecule has 0 aliphatic heterocycles. The molecule has 1 aromatic heterocycles. The van der Waals surface area contributed by atoms with Crippen LogP contribution in [-0.4, -0.2) is 28.4 Å². The predicted octanol–water partition coefficient (Wildman–Crippen LogP) is 4.08. The molecule has 2 N–H and O–H groups in total. The minimum Gasteiger partial charge on any atom is -0.495 e. The van der Waals surface area contributed by atoms with Crippen LogP contribution >= 0.6 is 12.2 Å². The van der Waals surface area contributed by atoms with E-state index in [4.69, 9.17) is 17.0 Å². The standard InChI is InChI=1S/C20H19N3O3S/c1-12-8-9-17-16(10-12)22-20(27)23(17)11-14(13(2)24)19(25)21-15-6-4-5-7-18(15)26-3/h4-11H,1-3H3,(H,21,25)(H,22,27)/b14-11+. The number of ether oxygens (including phenoxy) is 1. The summed E-state index contributed by atoms with van der Waals surface area (Å²) in [7, 11) is 1.51. The number of amides is 1. The number of anilines is 1. The molecule has 7 heteroatoms. The number of fused-ring (bicyclic) bond motifs is 1. The number of carbonyl (C=O) groups excluding carboxylic acids is 2. The van der Waals surface area contributed by atoms with Gasteiger partial charge in [0.05, 0.1) is 29.4 Å². The molecule has 1 amide bonds. The van der Waals surface area contributed by atoms with Crippen molar-refractivity contribution in [2.24, 2.45) is 0 Å². The van der Waals surface area contributed by atoms with Crippen molar-refractivity contribution in [3.63, 3.8) is 0 Å². The van der Waals surface area contributed by atoms with E-state index in [1.54, 1.807) is 28.8 Å². The Hall–Kier alpha value is -3.19. The van der Waals surface area contributed by atoms with Crippen LogP contribution in [0.2, 0.25) is 0 Å². The lowest BCUT2D eigenvalue weighted by atomic mass is 10.1. The van der Waals surface area contributed by atoms with Gasteiger partial charge in [0.15, 0.2) is 10.6 Å². The van der Waals surface area contributed by atoms with Gasteiger partial charge >= 0.3 is 0 Å². The molecule has 0 saturated carbocycles. The molecule has 0 atom stereocenters. The van der Waals surface area contributed by atoms with Crippen LogP contribution in [0.3, 0.4) is 0 Å². The van der Waals surface area contributed by atoms with Crippen LogP contribution in [0.25, 0.3) is 17.2 Å². The Labute approximate surface area is 161 Å². The van der Waals surface area contributed by atoms with Gasteiger partial charge in [0.25, 0.3) is 5.91 Å². The number of rotatable bonds is 5. The lowest BCUT2D eigenvalue weighted by Crippen LogP contribution is -2.20. The van der Waals surface area contributed by atoms with E-state index in [9.17, 15) is 9.59 Å². The van der Waals surface area contributed by atoms with Gasteiger partial charge in [-0.15, -0.1) is 0 Å². The van der Waals surface area contributed by atoms with Crippen molar-refractivity contribution < 1.29 is 14.3 Å². The summed E-state index contributed by atoms with van der Waals surface area (Å²) in [6, 6.07) is 12.8. The molecule has 3 rings (SSSR count). The lowest BCUT2D eigenvalue weighted by molar-refractivity contribution is -0.118. The number of aromatic nitrogens is 2. The molecular weight excluding hydrogens is 362 g/mol. The van der Waals surface area contributed by atoms with Gasteiger partial charge in [-0.1, -0.05) is 18.2 Å². The summed E-state index contributed by atoms with van der Waals surface area (Å²) < 4.78 is 7.26. The Balaban J connectivity index is 2.03. The first kappa shape index (κ1) is 18.6. The molecule has 0 bridgehead atoms. The number of ketones is 1. The van der Waals surface area contributed by atoms with Gasteiger partial charge in [-0.25, -0.2) is 0 Å². The van der Waals surface area contributed by atoms with Gasteiger partial charge < -0.3 is 15.0 Å². The van der Waals surface area contributed by atoms with Crippen molar-refractivity contribution in [2.45, 2.75) is 13.8 Å². The zero-order valence-electron chi connectivity index (χ0n) is 15.2. The smallest absolute Gasteiger partial charge is 0.260 e. The van der Waals surface area contributed by atoms with Gasteiger partial charge in [-0.2, -0.15) is 0 Å². The van der Waals surface area contributed by atoms with Crippen molar-refractivity contribution in [1.82, 2.24) is 9.55 Å². The van der Waals surface area contributed by atoms with Crippen LogP contribution in [0.15, 0.2) is 48.0 Å². The van der Waals surface area contributed by atoms with Crippen LogP contribution in [0.1, 0.15) is 12.5 Å². The maximum absolute atomic E-state index is 12.7. The Kier molecular flexibility index (Phi) is 5.23. The largest absolute Gasteiger partial charge is 0.495 e.